The third-order valence-electron chi connectivity index (χ3n) is 3.39. The Balaban J connectivity index is 2.18. The third-order valence-corrected chi connectivity index (χ3v) is 3.97. The number of hydrogen-bond acceptors (Lipinski definition) is 1. The van der Waals surface area contributed by atoms with E-state index in [-0.39, 0.29) is 17.4 Å². The molecule has 0 spiro atoms. The molecule has 2 bridgehead atoms. The highest BCUT2D eigenvalue weighted by molar-refractivity contribution is 6.22. The largest absolute Gasteiger partial charge is 0.392 e. The molecule has 1 aromatic carbocycles. The topological polar surface area (TPSA) is 20.2 Å². The molecule has 0 unspecified atom stereocenters. The SMILES string of the molecule is O[C@H]1C[C@@H]2c3ccccc3[C@H]1[C@@H]2Cl. The maximum Gasteiger partial charge on any atom is 0.0629 e. The predicted molar refractivity (Wildman–Crippen MR) is 52.2 cm³/mol. The van der Waals surface area contributed by atoms with Crippen LogP contribution in [0.2, 0.25) is 0 Å². The summed E-state index contributed by atoms with van der Waals surface area (Å²) in [6.07, 6.45) is 0.623. The maximum atomic E-state index is 9.75. The summed E-state index contributed by atoms with van der Waals surface area (Å²) in [5, 5.41) is 9.87. The highest BCUT2D eigenvalue weighted by Gasteiger charge is 2.49. The standard InChI is InChI=1S/C11H11ClO/c12-11-8-5-9(13)10(11)7-4-2-1-3-6(7)8/h1-4,8-11,13H,5H2/t8-,9+,10-,11-/m1/s1. The molecule has 3 rings (SSSR count). The normalized spacial score (nSPS) is 40.8. The lowest BCUT2D eigenvalue weighted by molar-refractivity contribution is 0.158. The van der Waals surface area contributed by atoms with Crippen molar-refractivity contribution in [3.8, 4) is 0 Å². The van der Waals surface area contributed by atoms with Crippen LogP contribution in [-0.2, 0) is 0 Å². The molecule has 0 heterocycles. The van der Waals surface area contributed by atoms with Crippen LogP contribution in [0.15, 0.2) is 24.3 Å². The van der Waals surface area contributed by atoms with E-state index in [4.69, 9.17) is 11.6 Å². The van der Waals surface area contributed by atoms with Crippen molar-refractivity contribution in [2.24, 2.45) is 0 Å². The second-order valence-corrected chi connectivity index (χ2v) is 4.51. The van der Waals surface area contributed by atoms with Crippen molar-refractivity contribution in [3.05, 3.63) is 35.4 Å². The van der Waals surface area contributed by atoms with Crippen LogP contribution in [0.1, 0.15) is 29.4 Å². The Morgan fingerprint density at radius 1 is 1.23 bits per heavy atom. The van der Waals surface area contributed by atoms with Gasteiger partial charge in [0.25, 0.3) is 0 Å². The summed E-state index contributed by atoms with van der Waals surface area (Å²) < 4.78 is 0. The van der Waals surface area contributed by atoms with Crippen LogP contribution in [0.5, 0.6) is 0 Å². The Labute approximate surface area is 82.3 Å². The Kier molecular flexibility index (Phi) is 1.50. The molecule has 1 aromatic rings. The average molecular weight is 195 g/mol. The van der Waals surface area contributed by atoms with Gasteiger partial charge in [0.05, 0.1) is 6.10 Å². The van der Waals surface area contributed by atoms with Crippen molar-refractivity contribution in [1.82, 2.24) is 0 Å². The van der Waals surface area contributed by atoms with E-state index in [2.05, 4.69) is 18.2 Å². The van der Waals surface area contributed by atoms with Gasteiger partial charge in [-0.25, -0.2) is 0 Å². The molecule has 0 aliphatic heterocycles. The highest BCUT2D eigenvalue weighted by atomic mass is 35.5. The van der Waals surface area contributed by atoms with E-state index in [1.165, 1.54) is 11.1 Å². The van der Waals surface area contributed by atoms with E-state index in [0.29, 0.717) is 5.92 Å². The molecule has 1 nitrogen and oxygen atoms in total. The Morgan fingerprint density at radius 2 is 1.92 bits per heavy atom. The van der Waals surface area contributed by atoms with Crippen LogP contribution in [0, 0.1) is 0 Å². The lowest BCUT2D eigenvalue weighted by atomic mass is 9.90. The molecule has 0 saturated heterocycles. The summed E-state index contributed by atoms with van der Waals surface area (Å²) in [6.45, 7) is 0. The zero-order valence-electron chi connectivity index (χ0n) is 7.15. The van der Waals surface area contributed by atoms with Crippen LogP contribution in [0.3, 0.4) is 0 Å². The van der Waals surface area contributed by atoms with Crippen molar-refractivity contribution in [3.63, 3.8) is 0 Å². The summed E-state index contributed by atoms with van der Waals surface area (Å²) >= 11 is 6.28. The number of benzene rings is 1. The molecular formula is C11H11ClO. The molecular weight excluding hydrogens is 184 g/mol. The first-order chi connectivity index (χ1) is 6.29. The summed E-state index contributed by atoms with van der Waals surface area (Å²) in [7, 11) is 0. The zero-order valence-corrected chi connectivity index (χ0v) is 7.91. The summed E-state index contributed by atoms with van der Waals surface area (Å²) in [5.74, 6) is 0.570. The Bertz CT molecular complexity index is 350. The second kappa shape index (κ2) is 2.49. The monoisotopic (exact) mass is 194 g/mol. The lowest BCUT2D eigenvalue weighted by Crippen LogP contribution is -2.16. The molecule has 2 heteroatoms. The van der Waals surface area contributed by atoms with Gasteiger partial charge >= 0.3 is 0 Å². The maximum absolute atomic E-state index is 9.75. The second-order valence-electron chi connectivity index (χ2n) is 4.01. The molecule has 1 saturated carbocycles. The highest BCUT2D eigenvalue weighted by Crippen LogP contribution is 2.55. The van der Waals surface area contributed by atoms with Crippen molar-refractivity contribution in [2.45, 2.75) is 29.7 Å². The van der Waals surface area contributed by atoms with Crippen LogP contribution in [-0.4, -0.2) is 16.6 Å². The number of hydrogen-bond donors (Lipinski definition) is 1. The average Bonchev–Trinajstić information content (AvgIpc) is 2.56. The lowest BCUT2D eigenvalue weighted by Gasteiger charge is -2.19. The van der Waals surface area contributed by atoms with Gasteiger partial charge in [-0.2, -0.15) is 0 Å². The van der Waals surface area contributed by atoms with E-state index in [9.17, 15) is 5.11 Å². The fourth-order valence-corrected chi connectivity index (χ4v) is 3.37. The molecule has 2 aliphatic carbocycles. The predicted octanol–water partition coefficient (Wildman–Crippen LogP) is 2.24. The van der Waals surface area contributed by atoms with E-state index >= 15 is 0 Å². The fourth-order valence-electron chi connectivity index (χ4n) is 2.83. The van der Waals surface area contributed by atoms with Gasteiger partial charge in [-0.05, 0) is 17.5 Å². The molecule has 68 valence electrons. The number of fused-ring (bicyclic) bond motifs is 5. The molecule has 1 fully saturated rings. The smallest absolute Gasteiger partial charge is 0.0629 e. The minimum atomic E-state index is -0.220. The van der Waals surface area contributed by atoms with Crippen molar-refractivity contribution < 1.29 is 5.11 Å². The molecule has 0 radical (unpaired) electrons. The van der Waals surface area contributed by atoms with Gasteiger partial charge in [0.2, 0.25) is 0 Å². The van der Waals surface area contributed by atoms with Gasteiger partial charge in [0.15, 0.2) is 0 Å². The van der Waals surface area contributed by atoms with Crippen molar-refractivity contribution >= 4 is 11.6 Å². The molecule has 4 atom stereocenters. The number of rotatable bonds is 0. The van der Waals surface area contributed by atoms with Gasteiger partial charge in [-0.3, -0.25) is 0 Å². The van der Waals surface area contributed by atoms with Gasteiger partial charge in [-0.15, -0.1) is 11.6 Å². The third kappa shape index (κ3) is 0.866. The van der Waals surface area contributed by atoms with E-state index in [1.54, 1.807) is 0 Å². The molecule has 2 aliphatic rings. The first-order valence-electron chi connectivity index (χ1n) is 4.70. The number of halogens is 1. The summed E-state index contributed by atoms with van der Waals surface area (Å²) in [5.41, 5.74) is 2.63. The fraction of sp³-hybridized carbons (Fsp3) is 0.455. The molecule has 13 heavy (non-hydrogen) atoms. The van der Waals surface area contributed by atoms with Crippen LogP contribution < -0.4 is 0 Å². The summed E-state index contributed by atoms with van der Waals surface area (Å²) in [6, 6.07) is 8.31. The number of alkyl halides is 1. The van der Waals surface area contributed by atoms with Crippen molar-refractivity contribution in [1.29, 1.82) is 0 Å². The minimum Gasteiger partial charge on any atom is -0.392 e. The van der Waals surface area contributed by atoms with E-state index in [0.717, 1.165) is 6.42 Å². The van der Waals surface area contributed by atoms with Gasteiger partial charge in [0, 0.05) is 17.2 Å². The van der Waals surface area contributed by atoms with Crippen LogP contribution >= 0.6 is 11.6 Å². The molecule has 1 N–H and O–H groups in total. The number of aliphatic hydroxyl groups is 1. The van der Waals surface area contributed by atoms with Crippen molar-refractivity contribution in [2.75, 3.05) is 0 Å². The van der Waals surface area contributed by atoms with E-state index in [1.807, 2.05) is 6.07 Å². The zero-order chi connectivity index (χ0) is 9.00. The first-order valence-corrected chi connectivity index (χ1v) is 5.13. The first kappa shape index (κ1) is 7.84. The summed E-state index contributed by atoms with van der Waals surface area (Å²) in [4.78, 5) is 0. The van der Waals surface area contributed by atoms with Crippen LogP contribution in [0.25, 0.3) is 0 Å². The Hall–Kier alpha value is -0.530. The quantitative estimate of drug-likeness (QED) is 0.628. The molecule has 0 amide bonds. The Morgan fingerprint density at radius 3 is 2.69 bits per heavy atom. The van der Waals surface area contributed by atoms with Crippen LogP contribution in [0.4, 0.5) is 0 Å². The van der Waals surface area contributed by atoms with Gasteiger partial charge in [-0.1, -0.05) is 24.3 Å². The van der Waals surface area contributed by atoms with Gasteiger partial charge in [0.1, 0.15) is 0 Å². The minimum absolute atomic E-state index is 0.118. The van der Waals surface area contributed by atoms with E-state index < -0.39 is 0 Å². The molecule has 0 aromatic heterocycles. The van der Waals surface area contributed by atoms with Gasteiger partial charge < -0.3 is 5.11 Å². The number of aliphatic hydroxyl groups excluding tert-OH is 1.